The van der Waals surface area contributed by atoms with Gasteiger partial charge in [-0.05, 0) is 51.5 Å². The summed E-state index contributed by atoms with van der Waals surface area (Å²) in [5, 5.41) is 4.02. The second kappa shape index (κ2) is 4.56. The highest BCUT2D eigenvalue weighted by Crippen LogP contribution is 2.28. The Morgan fingerprint density at radius 3 is 2.75 bits per heavy atom. The standard InChI is InChI=1S/C14H16N4OS/c1-7-5-11-13(15-6-7)18(14(20)16-11)9(3)12-8(2)17-19-10(12)4/h5-6,9H,1-4H3,(H,16,20). The molecular weight excluding hydrogens is 272 g/mol. The Bertz CT molecular complexity index is 823. The van der Waals surface area contributed by atoms with Crippen molar-refractivity contribution in [1.82, 2.24) is 19.7 Å². The molecule has 3 heterocycles. The minimum Gasteiger partial charge on any atom is -0.361 e. The van der Waals surface area contributed by atoms with Gasteiger partial charge < -0.3 is 9.51 Å². The first-order valence-electron chi connectivity index (χ1n) is 6.48. The van der Waals surface area contributed by atoms with Gasteiger partial charge in [0.15, 0.2) is 10.4 Å². The van der Waals surface area contributed by atoms with Crippen LogP contribution in [-0.2, 0) is 0 Å². The third-order valence-corrected chi connectivity index (χ3v) is 3.88. The third kappa shape index (κ3) is 1.87. The molecule has 1 unspecified atom stereocenters. The summed E-state index contributed by atoms with van der Waals surface area (Å²) in [6, 6.07) is 2.08. The van der Waals surface area contributed by atoms with Crippen LogP contribution in [0.25, 0.3) is 11.2 Å². The fourth-order valence-electron chi connectivity index (χ4n) is 2.69. The van der Waals surface area contributed by atoms with Gasteiger partial charge in [0.25, 0.3) is 0 Å². The van der Waals surface area contributed by atoms with Gasteiger partial charge in [-0.15, -0.1) is 0 Å². The Labute approximate surface area is 121 Å². The topological polar surface area (TPSA) is 59.6 Å². The number of hydrogen-bond acceptors (Lipinski definition) is 4. The molecule has 0 fully saturated rings. The lowest BCUT2D eigenvalue weighted by Crippen LogP contribution is -2.09. The van der Waals surface area contributed by atoms with Gasteiger partial charge in [0, 0.05) is 11.8 Å². The molecule has 1 N–H and O–H groups in total. The van der Waals surface area contributed by atoms with Crippen molar-refractivity contribution in [3.05, 3.63) is 39.6 Å². The molecule has 0 bridgehead atoms. The third-order valence-electron chi connectivity index (χ3n) is 3.59. The molecule has 0 aliphatic carbocycles. The van der Waals surface area contributed by atoms with Crippen molar-refractivity contribution in [1.29, 1.82) is 0 Å². The van der Waals surface area contributed by atoms with Crippen LogP contribution in [-0.4, -0.2) is 19.7 Å². The first-order valence-corrected chi connectivity index (χ1v) is 6.89. The second-order valence-electron chi connectivity index (χ2n) is 5.10. The van der Waals surface area contributed by atoms with Crippen molar-refractivity contribution in [2.75, 3.05) is 0 Å². The Hall–Kier alpha value is -1.95. The number of aromatic nitrogens is 4. The molecule has 0 radical (unpaired) electrons. The fourth-order valence-corrected chi connectivity index (χ4v) is 3.05. The van der Waals surface area contributed by atoms with Gasteiger partial charge in [-0.25, -0.2) is 4.98 Å². The smallest absolute Gasteiger partial charge is 0.179 e. The number of hydrogen-bond donors (Lipinski definition) is 1. The average Bonchev–Trinajstić information content (AvgIpc) is 2.88. The van der Waals surface area contributed by atoms with Crippen molar-refractivity contribution >= 4 is 23.4 Å². The quantitative estimate of drug-likeness (QED) is 0.732. The van der Waals surface area contributed by atoms with Crippen molar-refractivity contribution in [2.24, 2.45) is 0 Å². The van der Waals surface area contributed by atoms with Crippen molar-refractivity contribution < 1.29 is 4.52 Å². The minimum absolute atomic E-state index is 0.0257. The number of imidazole rings is 1. The zero-order valence-corrected chi connectivity index (χ0v) is 12.7. The molecule has 0 aromatic carbocycles. The lowest BCUT2D eigenvalue weighted by atomic mass is 10.1. The molecule has 0 aliphatic heterocycles. The molecule has 104 valence electrons. The predicted molar refractivity (Wildman–Crippen MR) is 79.4 cm³/mol. The lowest BCUT2D eigenvalue weighted by Gasteiger charge is -2.13. The molecule has 0 saturated carbocycles. The summed E-state index contributed by atoms with van der Waals surface area (Å²) >= 11 is 5.45. The number of H-pyrrole nitrogens is 1. The van der Waals surface area contributed by atoms with Gasteiger partial charge in [-0.3, -0.25) is 4.57 Å². The molecular formula is C14H16N4OS. The van der Waals surface area contributed by atoms with E-state index in [1.807, 2.05) is 31.5 Å². The maximum absolute atomic E-state index is 5.45. The van der Waals surface area contributed by atoms with Crippen molar-refractivity contribution in [2.45, 2.75) is 33.7 Å². The summed E-state index contributed by atoms with van der Waals surface area (Å²) in [5.74, 6) is 0.818. The minimum atomic E-state index is 0.0257. The molecule has 6 heteroatoms. The van der Waals surface area contributed by atoms with Crippen molar-refractivity contribution in [3.63, 3.8) is 0 Å². The maximum atomic E-state index is 5.45. The summed E-state index contributed by atoms with van der Waals surface area (Å²) in [4.78, 5) is 7.72. The van der Waals surface area contributed by atoms with Crippen LogP contribution in [0.2, 0.25) is 0 Å². The van der Waals surface area contributed by atoms with E-state index in [0.717, 1.165) is 33.7 Å². The van der Waals surface area contributed by atoms with E-state index in [9.17, 15) is 0 Å². The van der Waals surface area contributed by atoms with E-state index >= 15 is 0 Å². The number of pyridine rings is 1. The van der Waals surface area contributed by atoms with Crippen LogP contribution < -0.4 is 0 Å². The molecule has 0 spiro atoms. The molecule has 0 saturated heterocycles. The summed E-state index contributed by atoms with van der Waals surface area (Å²) in [6.07, 6.45) is 1.85. The van der Waals surface area contributed by atoms with E-state index < -0.39 is 0 Å². The second-order valence-corrected chi connectivity index (χ2v) is 5.48. The van der Waals surface area contributed by atoms with E-state index in [4.69, 9.17) is 16.7 Å². The first kappa shape index (κ1) is 13.1. The number of nitrogens with one attached hydrogen (secondary N) is 1. The summed E-state index contributed by atoms with van der Waals surface area (Å²) in [6.45, 7) is 7.95. The molecule has 20 heavy (non-hydrogen) atoms. The molecule has 3 aromatic heterocycles. The maximum Gasteiger partial charge on any atom is 0.179 e. The summed E-state index contributed by atoms with van der Waals surface area (Å²) in [7, 11) is 0. The SMILES string of the molecule is Cc1cnc2c(c1)[nH]c(=S)n2C(C)c1c(C)noc1C. The van der Waals surface area contributed by atoms with E-state index in [1.165, 1.54) is 0 Å². The molecule has 5 nitrogen and oxygen atoms in total. The Morgan fingerprint density at radius 2 is 2.10 bits per heavy atom. The lowest BCUT2D eigenvalue weighted by molar-refractivity contribution is 0.391. The van der Waals surface area contributed by atoms with Crippen LogP contribution >= 0.6 is 12.2 Å². The largest absolute Gasteiger partial charge is 0.361 e. The van der Waals surface area contributed by atoms with Crippen LogP contribution in [0, 0.1) is 25.5 Å². The highest BCUT2D eigenvalue weighted by molar-refractivity contribution is 7.71. The van der Waals surface area contributed by atoms with Crippen molar-refractivity contribution in [3.8, 4) is 0 Å². The van der Waals surface area contributed by atoms with Crippen LogP contribution in [0.15, 0.2) is 16.8 Å². The van der Waals surface area contributed by atoms with Gasteiger partial charge >= 0.3 is 0 Å². The molecule has 0 amide bonds. The summed E-state index contributed by atoms with van der Waals surface area (Å²) in [5.41, 5.74) is 4.86. The van der Waals surface area contributed by atoms with Crippen LogP contribution in [0.3, 0.4) is 0 Å². The average molecular weight is 288 g/mol. The van der Waals surface area contributed by atoms with Crippen LogP contribution in [0.4, 0.5) is 0 Å². The molecule has 3 aromatic rings. The Kier molecular flexibility index (Phi) is 2.97. The molecule has 1 atom stereocenters. The van der Waals surface area contributed by atoms with Crippen LogP contribution in [0.1, 0.15) is 35.5 Å². The van der Waals surface area contributed by atoms with E-state index in [0.29, 0.717) is 4.77 Å². The van der Waals surface area contributed by atoms with Gasteiger partial charge in [-0.1, -0.05) is 5.16 Å². The number of nitrogens with zero attached hydrogens (tertiary/aromatic N) is 3. The number of aryl methyl sites for hydroxylation is 3. The van der Waals surface area contributed by atoms with E-state index in [2.05, 4.69) is 28.1 Å². The highest BCUT2D eigenvalue weighted by atomic mass is 32.1. The summed E-state index contributed by atoms with van der Waals surface area (Å²) < 4.78 is 7.93. The monoisotopic (exact) mass is 288 g/mol. The molecule has 0 aliphatic rings. The zero-order chi connectivity index (χ0) is 14.4. The number of rotatable bonds is 2. The Balaban J connectivity index is 2.24. The normalized spacial score (nSPS) is 13.0. The molecule has 3 rings (SSSR count). The number of fused-ring (bicyclic) bond motifs is 1. The predicted octanol–water partition coefficient (Wildman–Crippen LogP) is 3.62. The van der Waals surface area contributed by atoms with Gasteiger partial charge in [-0.2, -0.15) is 0 Å². The first-order chi connectivity index (χ1) is 9.49. The van der Waals surface area contributed by atoms with E-state index in [1.54, 1.807) is 0 Å². The zero-order valence-electron chi connectivity index (χ0n) is 11.9. The fraction of sp³-hybridized carbons (Fsp3) is 0.357. The van der Waals surface area contributed by atoms with Gasteiger partial charge in [0.2, 0.25) is 0 Å². The Morgan fingerprint density at radius 1 is 1.35 bits per heavy atom. The highest BCUT2D eigenvalue weighted by Gasteiger charge is 2.21. The van der Waals surface area contributed by atoms with E-state index in [-0.39, 0.29) is 6.04 Å². The van der Waals surface area contributed by atoms with Gasteiger partial charge in [0.05, 0.1) is 17.3 Å². The number of aromatic amines is 1. The van der Waals surface area contributed by atoms with Crippen LogP contribution in [0.5, 0.6) is 0 Å². The van der Waals surface area contributed by atoms with Gasteiger partial charge in [0.1, 0.15) is 5.76 Å².